The largest absolute Gasteiger partial charge is 0.375 e. The molecule has 0 bridgehead atoms. The molecule has 9 nitrogen and oxygen atoms in total. The number of anilines is 1. The second-order valence-corrected chi connectivity index (χ2v) is 17.3. The lowest BCUT2D eigenvalue weighted by atomic mass is 9.81. The van der Waals surface area contributed by atoms with E-state index in [1.165, 1.54) is 17.7 Å². The van der Waals surface area contributed by atoms with Crippen molar-refractivity contribution < 1.29 is 23.1 Å². The molecule has 3 aromatic carbocycles. The Labute approximate surface area is 324 Å². The minimum absolute atomic E-state index is 0.0643. The van der Waals surface area contributed by atoms with Crippen molar-refractivity contribution in [1.29, 1.82) is 0 Å². The van der Waals surface area contributed by atoms with Crippen molar-refractivity contribution >= 4 is 40.0 Å². The standard InChI is InChI=1S/C43H46ClF2N5O4/c1-42(2)30-8-6-27(20-35(30)51-34-5-3-4-31(44)38(34)40(54)48-41(42)51)26-11-16-49(17-12-26)23-25-10-13-43(55-24-25)14-18-50(19-15-43)28-21-32(45)37(33(46)22-28)29-7-9-36(52)47-39(29)53/h3-6,8,20-22,25-26,29H,7,9-19,23-24H2,1-2H3,(H,47,52,53)/t25-,29?/m1/s1. The van der Waals surface area contributed by atoms with Gasteiger partial charge in [-0.2, -0.15) is 4.98 Å². The van der Waals surface area contributed by atoms with E-state index in [9.17, 15) is 14.4 Å². The number of likely N-dealkylation sites (tertiary alicyclic amines) is 1. The molecule has 6 heterocycles. The highest BCUT2D eigenvalue weighted by molar-refractivity contribution is 6.35. The molecule has 5 aliphatic heterocycles. The third-order valence-corrected chi connectivity index (χ3v) is 13.6. The number of nitrogens with zero attached hydrogens (tertiary/aromatic N) is 4. The number of nitrogens with one attached hydrogen (secondary N) is 1. The number of carbonyl (C=O) groups is 2. The maximum absolute atomic E-state index is 15.2. The van der Waals surface area contributed by atoms with E-state index >= 15 is 8.78 Å². The molecule has 4 fully saturated rings. The van der Waals surface area contributed by atoms with Crippen LogP contribution in [-0.4, -0.2) is 71.2 Å². The number of aromatic nitrogens is 2. The maximum Gasteiger partial charge on any atom is 0.282 e. The zero-order chi connectivity index (χ0) is 38.2. The second kappa shape index (κ2) is 13.8. The van der Waals surface area contributed by atoms with Crippen LogP contribution in [0.25, 0.3) is 16.6 Å². The fourth-order valence-corrected chi connectivity index (χ4v) is 10.3. The van der Waals surface area contributed by atoms with Crippen LogP contribution in [0.5, 0.6) is 0 Å². The molecule has 1 unspecified atom stereocenters. The Hall–Kier alpha value is -4.19. The van der Waals surface area contributed by atoms with E-state index in [1.54, 1.807) is 6.07 Å². The Balaban J connectivity index is 0.792. The molecule has 0 saturated carbocycles. The summed E-state index contributed by atoms with van der Waals surface area (Å²) in [7, 11) is 0. The molecule has 1 spiro atoms. The van der Waals surface area contributed by atoms with Gasteiger partial charge in [-0.15, -0.1) is 0 Å². The molecule has 1 N–H and O–H groups in total. The fraction of sp³-hybridized carbons (Fsp3) is 0.488. The van der Waals surface area contributed by atoms with E-state index in [2.05, 4.69) is 51.8 Å². The minimum Gasteiger partial charge on any atom is -0.375 e. The van der Waals surface area contributed by atoms with Crippen LogP contribution in [0.2, 0.25) is 5.02 Å². The van der Waals surface area contributed by atoms with Crippen LogP contribution in [0.15, 0.2) is 53.3 Å². The lowest BCUT2D eigenvalue weighted by molar-refractivity contribution is -0.134. The predicted molar refractivity (Wildman–Crippen MR) is 207 cm³/mol. The molecule has 5 aliphatic rings. The number of benzene rings is 3. The second-order valence-electron chi connectivity index (χ2n) is 16.9. The van der Waals surface area contributed by atoms with Crippen LogP contribution in [0.4, 0.5) is 14.5 Å². The molecule has 9 rings (SSSR count). The topological polar surface area (TPSA) is 96.8 Å². The molecule has 4 aromatic rings. The number of fused-ring (bicyclic) bond motifs is 5. The average Bonchev–Trinajstić information content (AvgIpc) is 3.39. The summed E-state index contributed by atoms with van der Waals surface area (Å²) in [4.78, 5) is 46.0. The predicted octanol–water partition coefficient (Wildman–Crippen LogP) is 7.12. The SMILES string of the molecule is CC1(C)c2ccc(C3CCN(C[C@H]4CCC5(CCN(c6cc(F)c(C7CCC(=O)NC7=O)c(F)c6)CC5)OC4)CC3)cc2-n2c1nc(=O)c1c(Cl)cccc12. The summed E-state index contributed by atoms with van der Waals surface area (Å²) in [6, 6.07) is 15.0. The van der Waals surface area contributed by atoms with Crippen LogP contribution in [-0.2, 0) is 19.7 Å². The number of carbonyl (C=O) groups excluding carboxylic acids is 2. The van der Waals surface area contributed by atoms with Gasteiger partial charge in [0, 0.05) is 37.3 Å². The monoisotopic (exact) mass is 769 g/mol. The zero-order valence-corrected chi connectivity index (χ0v) is 32.1. The molecule has 1 aromatic heterocycles. The van der Waals surface area contributed by atoms with Crippen molar-refractivity contribution in [2.24, 2.45) is 5.92 Å². The first-order chi connectivity index (χ1) is 26.4. The number of rotatable bonds is 5. The van der Waals surface area contributed by atoms with E-state index in [-0.39, 0.29) is 29.6 Å². The van der Waals surface area contributed by atoms with E-state index in [4.69, 9.17) is 16.3 Å². The summed E-state index contributed by atoms with van der Waals surface area (Å²) in [6.07, 6.45) is 5.98. The Morgan fingerprint density at radius 3 is 2.36 bits per heavy atom. The van der Waals surface area contributed by atoms with Crippen molar-refractivity contribution in [3.8, 4) is 5.69 Å². The van der Waals surface area contributed by atoms with E-state index in [0.29, 0.717) is 41.0 Å². The van der Waals surface area contributed by atoms with E-state index in [1.807, 2.05) is 17.0 Å². The molecule has 0 radical (unpaired) electrons. The van der Waals surface area contributed by atoms with E-state index < -0.39 is 34.8 Å². The molecule has 0 aliphatic carbocycles. The highest BCUT2D eigenvalue weighted by atomic mass is 35.5. The minimum atomic E-state index is -1.00. The first-order valence-electron chi connectivity index (χ1n) is 19.7. The number of hydrogen-bond donors (Lipinski definition) is 1. The quantitative estimate of drug-likeness (QED) is 0.216. The van der Waals surface area contributed by atoms with Gasteiger partial charge in [0.05, 0.1) is 45.2 Å². The maximum atomic E-state index is 15.2. The van der Waals surface area contributed by atoms with Gasteiger partial charge >= 0.3 is 0 Å². The summed E-state index contributed by atoms with van der Waals surface area (Å²) < 4.78 is 39.2. The van der Waals surface area contributed by atoms with Gasteiger partial charge in [0.2, 0.25) is 11.8 Å². The molecular weight excluding hydrogens is 724 g/mol. The number of amides is 2. The number of halogens is 3. The van der Waals surface area contributed by atoms with Crippen LogP contribution >= 0.6 is 11.6 Å². The van der Waals surface area contributed by atoms with Gasteiger partial charge in [0.25, 0.3) is 5.56 Å². The molecule has 2 atom stereocenters. The van der Waals surface area contributed by atoms with Gasteiger partial charge in [0.1, 0.15) is 17.5 Å². The van der Waals surface area contributed by atoms with Crippen molar-refractivity contribution in [3.63, 3.8) is 0 Å². The third kappa shape index (κ3) is 6.36. The molecule has 288 valence electrons. The van der Waals surface area contributed by atoms with Gasteiger partial charge in [-0.3, -0.25) is 24.3 Å². The van der Waals surface area contributed by atoms with Gasteiger partial charge in [0.15, 0.2) is 0 Å². The van der Waals surface area contributed by atoms with Crippen LogP contribution in [0, 0.1) is 17.6 Å². The van der Waals surface area contributed by atoms with Gasteiger partial charge in [-0.25, -0.2) is 8.78 Å². The third-order valence-electron chi connectivity index (χ3n) is 13.3. The molecule has 2 amide bonds. The molecule has 55 heavy (non-hydrogen) atoms. The van der Waals surface area contributed by atoms with Gasteiger partial charge in [-0.1, -0.05) is 29.8 Å². The highest BCUT2D eigenvalue weighted by Gasteiger charge is 2.42. The molecule has 12 heteroatoms. The Kier molecular flexibility index (Phi) is 9.13. The number of ether oxygens (including phenoxy) is 1. The highest BCUT2D eigenvalue weighted by Crippen LogP contribution is 2.45. The van der Waals surface area contributed by atoms with Crippen LogP contribution in [0.3, 0.4) is 0 Å². The molecule has 4 saturated heterocycles. The number of piperidine rings is 3. The summed E-state index contributed by atoms with van der Waals surface area (Å²) >= 11 is 6.50. The Morgan fingerprint density at radius 2 is 1.67 bits per heavy atom. The van der Waals surface area contributed by atoms with Crippen LogP contribution < -0.4 is 15.8 Å². The lowest BCUT2D eigenvalue weighted by Gasteiger charge is -2.47. The van der Waals surface area contributed by atoms with Crippen molar-refractivity contribution in [2.75, 3.05) is 44.2 Å². The van der Waals surface area contributed by atoms with Gasteiger partial charge in [-0.05, 0) is 125 Å². The first-order valence-corrected chi connectivity index (χ1v) is 20.1. The number of imide groups is 1. The Bertz CT molecular complexity index is 2240. The normalized spacial score (nSPS) is 23.9. The summed E-state index contributed by atoms with van der Waals surface area (Å²) in [5.41, 5.74) is 3.68. The van der Waals surface area contributed by atoms with E-state index in [0.717, 1.165) is 87.4 Å². The smallest absolute Gasteiger partial charge is 0.282 e. The summed E-state index contributed by atoms with van der Waals surface area (Å²) in [5, 5.41) is 3.08. The summed E-state index contributed by atoms with van der Waals surface area (Å²) in [6.45, 7) is 9.33. The summed E-state index contributed by atoms with van der Waals surface area (Å²) in [5.74, 6) is -1.89. The van der Waals surface area contributed by atoms with Gasteiger partial charge < -0.3 is 14.5 Å². The number of hydrogen-bond acceptors (Lipinski definition) is 7. The first kappa shape index (κ1) is 36.4. The fourth-order valence-electron chi connectivity index (χ4n) is 10.0. The molecular formula is C43H46ClF2N5O4. The zero-order valence-electron chi connectivity index (χ0n) is 31.3. The Morgan fingerprint density at radius 1 is 0.927 bits per heavy atom. The van der Waals surface area contributed by atoms with Crippen LogP contribution in [0.1, 0.15) is 99.6 Å². The van der Waals surface area contributed by atoms with Crippen molar-refractivity contribution in [3.05, 3.63) is 98.1 Å². The van der Waals surface area contributed by atoms with Crippen molar-refractivity contribution in [1.82, 2.24) is 19.8 Å². The average molecular weight is 770 g/mol. The van der Waals surface area contributed by atoms with Crippen molar-refractivity contribution in [2.45, 2.75) is 88.1 Å². The lowest BCUT2D eigenvalue weighted by Crippen LogP contribution is -2.50.